The molecule has 4 saturated carbocycles. The van der Waals surface area contributed by atoms with E-state index < -0.39 is 35.0 Å². The van der Waals surface area contributed by atoms with Gasteiger partial charge in [-0.2, -0.15) is 0 Å². The molecule has 4 aliphatic carbocycles. The van der Waals surface area contributed by atoms with Crippen molar-refractivity contribution in [3.63, 3.8) is 0 Å². The van der Waals surface area contributed by atoms with Crippen LogP contribution in [-0.4, -0.2) is 88.0 Å². The van der Waals surface area contributed by atoms with Gasteiger partial charge in [0.15, 0.2) is 0 Å². The van der Waals surface area contributed by atoms with Crippen molar-refractivity contribution in [3.05, 3.63) is 47.0 Å². The van der Waals surface area contributed by atoms with Crippen molar-refractivity contribution in [2.24, 2.45) is 45.3 Å². The predicted molar refractivity (Wildman–Crippen MR) is 195 cm³/mol. The number of hydrogen-bond donors (Lipinski definition) is 6. The predicted octanol–water partition coefficient (Wildman–Crippen LogP) is 5.57. The molecule has 10 atom stereocenters. The second-order valence-electron chi connectivity index (χ2n) is 17.1. The van der Waals surface area contributed by atoms with Crippen molar-refractivity contribution in [3.8, 4) is 0 Å². The first-order chi connectivity index (χ1) is 24.5. The number of hydrogen-bond acceptors (Lipinski definition) is 11. The van der Waals surface area contributed by atoms with Crippen LogP contribution in [0.5, 0.6) is 0 Å². The lowest BCUT2D eigenvalue weighted by Gasteiger charge is -2.60. The van der Waals surface area contributed by atoms with Gasteiger partial charge in [-0.1, -0.05) is 52.0 Å². The molecule has 52 heavy (non-hydrogen) atoms. The molecule has 4 fully saturated rings. The van der Waals surface area contributed by atoms with Crippen molar-refractivity contribution in [1.29, 1.82) is 0 Å². The lowest BCUT2D eigenvalue weighted by Crippen LogP contribution is -2.57. The summed E-state index contributed by atoms with van der Waals surface area (Å²) in [4.78, 5) is 31.5. The average molecular weight is 731 g/mol. The van der Waals surface area contributed by atoms with Crippen molar-refractivity contribution >= 4 is 18.7 Å². The summed E-state index contributed by atoms with van der Waals surface area (Å²) in [6.07, 6.45) is 8.17. The van der Waals surface area contributed by atoms with E-state index in [1.807, 2.05) is 20.6 Å². The van der Waals surface area contributed by atoms with Gasteiger partial charge in [0.2, 0.25) is 0 Å². The van der Waals surface area contributed by atoms with Crippen molar-refractivity contribution in [1.82, 2.24) is 0 Å². The molecular formula is C41H62O11. The van der Waals surface area contributed by atoms with Gasteiger partial charge < -0.3 is 44.9 Å². The fourth-order valence-corrected chi connectivity index (χ4v) is 11.4. The first-order valence-corrected chi connectivity index (χ1v) is 18.9. The topological polar surface area (TPSA) is 191 Å². The Kier molecular flexibility index (Phi) is 13.0. The average Bonchev–Trinajstić information content (AvgIpc) is 3.62. The largest absolute Gasteiger partial charge is 0.508 e. The normalized spacial score (nSPS) is 40.2. The summed E-state index contributed by atoms with van der Waals surface area (Å²) in [6, 6.07) is 0. The molecule has 0 aromatic carbocycles. The van der Waals surface area contributed by atoms with Crippen LogP contribution in [0.2, 0.25) is 0 Å². The molecule has 11 nitrogen and oxygen atoms in total. The Morgan fingerprint density at radius 2 is 1.00 bits per heavy atom. The Bertz CT molecular complexity index is 1340. The maximum Gasteiger partial charge on any atom is 0.337 e. The highest BCUT2D eigenvalue weighted by atomic mass is 16.6. The van der Waals surface area contributed by atoms with Crippen LogP contribution in [0.1, 0.15) is 105 Å². The number of ether oxygens (including phenoxy) is 2. The second-order valence-corrected chi connectivity index (χ2v) is 17.1. The van der Waals surface area contributed by atoms with Crippen LogP contribution in [0.3, 0.4) is 0 Å². The van der Waals surface area contributed by atoms with E-state index in [0.29, 0.717) is 36.8 Å². The summed E-state index contributed by atoms with van der Waals surface area (Å²) in [6.45, 7) is 19.0. The summed E-state index contributed by atoms with van der Waals surface area (Å²) in [5.74, 6) is 0.0981. The highest BCUT2D eigenvalue weighted by molar-refractivity contribution is 5.91. The van der Waals surface area contributed by atoms with Gasteiger partial charge in [0.25, 0.3) is 0 Å². The Morgan fingerprint density at radius 3 is 1.29 bits per heavy atom. The van der Waals surface area contributed by atoms with E-state index in [2.05, 4.69) is 27.0 Å². The van der Waals surface area contributed by atoms with Gasteiger partial charge in [-0.15, -0.1) is 0 Å². The van der Waals surface area contributed by atoms with Gasteiger partial charge >= 0.3 is 11.9 Å². The number of allylic oxidation sites excluding steroid dienone is 2. The van der Waals surface area contributed by atoms with Crippen molar-refractivity contribution < 1.29 is 54.5 Å². The van der Waals surface area contributed by atoms with Crippen LogP contribution in [0, 0.1) is 45.3 Å². The van der Waals surface area contributed by atoms with E-state index >= 15 is 0 Å². The zero-order chi connectivity index (χ0) is 38.8. The molecule has 0 bridgehead atoms. The van der Waals surface area contributed by atoms with Crippen LogP contribution in [-0.2, 0) is 23.9 Å². The van der Waals surface area contributed by atoms with Gasteiger partial charge in [0.1, 0.15) is 31.5 Å². The summed E-state index contributed by atoms with van der Waals surface area (Å²) >= 11 is 0. The molecule has 292 valence electrons. The summed E-state index contributed by atoms with van der Waals surface area (Å²) in [5.41, 5.74) is 2.01. The minimum atomic E-state index is -0.500. The number of aliphatic hydroxyl groups is 6. The first kappa shape index (κ1) is 41.8. The third-order valence-corrected chi connectivity index (χ3v) is 14.6. The third kappa shape index (κ3) is 7.27. The molecule has 0 radical (unpaired) electrons. The fraction of sp³-hybridized carbons (Fsp3) is 0.732. The molecule has 0 spiro atoms. The van der Waals surface area contributed by atoms with Crippen molar-refractivity contribution in [2.45, 2.75) is 117 Å². The lowest BCUT2D eigenvalue weighted by molar-refractivity contribution is -0.152. The molecule has 0 saturated heterocycles. The van der Waals surface area contributed by atoms with Crippen LogP contribution in [0.25, 0.3) is 0 Å². The van der Waals surface area contributed by atoms with Crippen LogP contribution >= 0.6 is 0 Å². The number of carbonyl (C=O) groups excluding carboxylic acids is 3. The zero-order valence-corrected chi connectivity index (χ0v) is 31.6. The molecule has 6 N–H and O–H groups in total. The van der Waals surface area contributed by atoms with Crippen molar-refractivity contribution in [2.75, 3.05) is 26.4 Å². The SMILES string of the molecule is C=C1CC[C@@H]2[C@](C)(CO)[C@H](O)CC[C@@]2(C)[C@@H]1CCC1=C(O)COC1=O.C=C1CC[C@@H]2[C@](C)(CO)[C@H](O)CC[C@@]2(C)[C@@H]1CCC1=C(O)COC1=O.C=O. The number of esters is 2. The number of fused-ring (bicyclic) bond motifs is 2. The molecular weight excluding hydrogens is 668 g/mol. The quantitative estimate of drug-likeness (QED) is 0.135. The number of carbonyl (C=O) groups is 3. The van der Waals surface area contributed by atoms with E-state index in [0.717, 1.165) is 51.4 Å². The van der Waals surface area contributed by atoms with E-state index in [4.69, 9.17) is 14.3 Å². The minimum absolute atomic E-state index is 0.0194. The van der Waals surface area contributed by atoms with E-state index in [1.165, 1.54) is 11.1 Å². The van der Waals surface area contributed by atoms with E-state index in [9.17, 15) is 40.2 Å². The molecule has 0 unspecified atom stereocenters. The smallest absolute Gasteiger partial charge is 0.337 e. The highest BCUT2D eigenvalue weighted by Gasteiger charge is 2.59. The van der Waals surface area contributed by atoms with Crippen LogP contribution in [0.15, 0.2) is 47.0 Å². The van der Waals surface area contributed by atoms with Crippen LogP contribution in [0.4, 0.5) is 0 Å². The van der Waals surface area contributed by atoms with Gasteiger partial charge in [0.05, 0.1) is 36.6 Å². The summed E-state index contributed by atoms with van der Waals surface area (Å²) in [7, 11) is 0. The molecule has 2 heterocycles. The molecule has 11 heteroatoms. The number of cyclic esters (lactones) is 2. The number of aliphatic hydroxyl groups excluding tert-OH is 6. The molecule has 6 aliphatic rings. The Hall–Kier alpha value is -2.99. The molecule has 0 amide bonds. The standard InChI is InChI=1S/2C20H30O5.CH2O/c2*1-12-4-7-16-19(2,9-8-17(23)20(16,3)11-21)14(12)6-5-13-15(22)10-25-18(13)24;1-2/h2*14,16-17,21-23H,1,4-11H2,2-3H3;1H2/t2*14-,16+,17-,19+,20+;/m11./s1. The Morgan fingerprint density at radius 1 is 0.654 bits per heavy atom. The minimum Gasteiger partial charge on any atom is -0.508 e. The maximum atomic E-state index is 11.8. The van der Waals surface area contributed by atoms with Gasteiger partial charge in [-0.3, -0.25) is 0 Å². The second kappa shape index (κ2) is 16.2. The van der Waals surface area contributed by atoms with Gasteiger partial charge in [-0.05, 0) is 112 Å². The molecule has 6 rings (SSSR count). The number of rotatable bonds is 8. The molecule has 0 aromatic rings. The third-order valence-electron chi connectivity index (χ3n) is 14.6. The first-order valence-electron chi connectivity index (χ1n) is 18.9. The Labute approximate surface area is 308 Å². The summed E-state index contributed by atoms with van der Waals surface area (Å²) in [5, 5.41) is 60.8. The lowest BCUT2D eigenvalue weighted by atomic mass is 9.46. The van der Waals surface area contributed by atoms with Gasteiger partial charge in [-0.25, -0.2) is 9.59 Å². The fourth-order valence-electron chi connectivity index (χ4n) is 11.4. The van der Waals surface area contributed by atoms with Crippen LogP contribution < -0.4 is 0 Å². The summed E-state index contributed by atoms with van der Waals surface area (Å²) < 4.78 is 9.78. The molecule has 2 aliphatic heterocycles. The highest BCUT2D eigenvalue weighted by Crippen LogP contribution is 2.63. The Balaban J connectivity index is 0.000000222. The maximum absolute atomic E-state index is 11.8. The van der Waals surface area contributed by atoms with Gasteiger partial charge in [0, 0.05) is 10.8 Å². The zero-order valence-electron chi connectivity index (χ0n) is 31.6. The molecule has 0 aromatic heterocycles. The van der Waals surface area contributed by atoms with E-state index in [-0.39, 0.29) is 72.4 Å². The monoisotopic (exact) mass is 730 g/mol. The van der Waals surface area contributed by atoms with E-state index in [1.54, 1.807) is 0 Å².